The van der Waals surface area contributed by atoms with E-state index in [4.69, 9.17) is 0 Å². The monoisotopic (exact) mass is 1290 g/mol. The van der Waals surface area contributed by atoms with Crippen LogP contribution in [0.25, 0.3) is 80.7 Å². The lowest BCUT2D eigenvalue weighted by molar-refractivity contribution is 0.379. The van der Waals surface area contributed by atoms with Gasteiger partial charge in [0.05, 0.1) is 0 Å². The number of unbranched alkanes of at least 4 members (excludes halogenated alkanes) is 8. The first-order chi connectivity index (χ1) is 46.6. The second-order valence-electron chi connectivity index (χ2n) is 28.6. The van der Waals surface area contributed by atoms with E-state index < -0.39 is 0 Å². The average molecular weight is 1290 g/mol. The molecule has 0 radical (unpaired) electrons. The van der Waals surface area contributed by atoms with Crippen LogP contribution in [-0.4, -0.2) is 0 Å². The van der Waals surface area contributed by atoms with E-state index >= 15 is 0 Å². The maximum Gasteiger partial charge on any atom is 0.0449 e. The summed E-state index contributed by atoms with van der Waals surface area (Å²) >= 11 is 3.98. The van der Waals surface area contributed by atoms with E-state index in [1.54, 1.807) is 38.9 Å². The molecule has 2 heteroatoms. The van der Waals surface area contributed by atoms with Crippen molar-refractivity contribution in [1.29, 1.82) is 0 Å². The number of hydrogen-bond acceptors (Lipinski definition) is 2. The van der Waals surface area contributed by atoms with E-state index in [1.807, 2.05) is 28.7 Å². The van der Waals surface area contributed by atoms with Gasteiger partial charge in [-0.05, 0) is 212 Å². The van der Waals surface area contributed by atoms with E-state index in [1.165, 1.54) is 233 Å². The molecule has 0 N–H and O–H groups in total. The Morgan fingerprint density at radius 3 is 1.06 bits per heavy atom. The van der Waals surface area contributed by atoms with Gasteiger partial charge in [-0.15, -0.1) is 22.7 Å². The van der Waals surface area contributed by atoms with Gasteiger partial charge in [-0.3, -0.25) is 0 Å². The zero-order valence-electron chi connectivity index (χ0n) is 59.4. The lowest BCUT2D eigenvalue weighted by Gasteiger charge is -2.40. The highest BCUT2D eigenvalue weighted by atomic mass is 32.1. The number of rotatable bonds is 33. The van der Waals surface area contributed by atoms with Gasteiger partial charge >= 0.3 is 0 Å². The van der Waals surface area contributed by atoms with Crippen LogP contribution in [-0.2, 0) is 21.7 Å². The van der Waals surface area contributed by atoms with Gasteiger partial charge in [-0.2, -0.15) is 0 Å². The van der Waals surface area contributed by atoms with Crippen LogP contribution in [0.1, 0.15) is 261 Å². The lowest BCUT2D eigenvalue weighted by Crippen LogP contribution is -2.33. The molecule has 95 heavy (non-hydrogen) atoms. The smallest absolute Gasteiger partial charge is 0.0449 e. The number of benzene rings is 6. The topological polar surface area (TPSA) is 0 Å². The molecule has 4 aliphatic rings. The van der Waals surface area contributed by atoms with Gasteiger partial charge in [0.2, 0.25) is 0 Å². The Labute approximate surface area is 582 Å². The quantitative estimate of drug-likeness (QED) is 0.0360. The standard InChI is InChI=1S/C93H108S2/c1-11-21-31-36-40-78-70(39-33-22-12-2)74-47-48-76-72-45-42-68(64-80(72)92(59-27-17-7,60-28-18-8)87(76)86(74)90(78,55-23-13-3)56-24-14-4)82-51-53-84(94-82)85-54-52-83(95-85)69-43-46-73-77-50-49-75-71-44-41-67(66-37-34-32-35-38-66)63-79(71)91(57-25-15-5,58-26-16-6)88(75)89(77)93(61-29-19-9,62-30-20-10)81(73)65-69/h11-12,21-22,31-54,63-65H,1,13-20,23-30,55-62H2,2-10H3/b22-12-,31-21+,39-33-,40-36+. The van der Waals surface area contributed by atoms with E-state index in [0.29, 0.717) is 0 Å². The molecule has 4 aliphatic carbocycles. The van der Waals surface area contributed by atoms with Crippen molar-refractivity contribution in [2.45, 2.75) is 238 Å². The summed E-state index contributed by atoms with van der Waals surface area (Å²) in [5.74, 6) is 0. The van der Waals surface area contributed by atoms with Crippen LogP contribution >= 0.6 is 22.7 Å². The first kappa shape index (κ1) is 68.1. The molecule has 6 aromatic carbocycles. The van der Waals surface area contributed by atoms with Crippen LogP contribution in [0.4, 0.5) is 0 Å². The minimum atomic E-state index is -0.0913. The van der Waals surface area contributed by atoms with E-state index in [2.05, 4.69) is 251 Å². The molecule has 0 aliphatic heterocycles. The normalized spacial score (nSPS) is 15.8. The van der Waals surface area contributed by atoms with Crippen molar-refractivity contribution in [1.82, 2.24) is 0 Å². The zero-order valence-corrected chi connectivity index (χ0v) is 61.0. The summed E-state index contributed by atoms with van der Waals surface area (Å²) < 4.78 is 0. The molecule has 0 saturated carbocycles. The van der Waals surface area contributed by atoms with Gasteiger partial charge in [-0.1, -0.05) is 310 Å². The van der Waals surface area contributed by atoms with Gasteiger partial charge in [-0.25, -0.2) is 0 Å². The van der Waals surface area contributed by atoms with E-state index in [0.717, 1.165) is 12.8 Å². The summed E-state index contributed by atoms with van der Waals surface area (Å²) in [6.07, 6.45) is 48.7. The Bertz CT molecular complexity index is 4140. The second kappa shape index (κ2) is 30.3. The summed E-state index contributed by atoms with van der Waals surface area (Å²) in [4.78, 5) is 5.46. The molecule has 2 heterocycles. The molecule has 0 saturated heterocycles. The van der Waals surface area contributed by atoms with Crippen LogP contribution < -0.4 is 0 Å². The van der Waals surface area contributed by atoms with Crippen molar-refractivity contribution >= 4 is 28.2 Å². The average Bonchev–Trinajstić information content (AvgIpc) is 1.53. The zero-order chi connectivity index (χ0) is 66.2. The fourth-order valence-corrected chi connectivity index (χ4v) is 20.4. The van der Waals surface area contributed by atoms with Crippen LogP contribution in [0.5, 0.6) is 0 Å². The number of fused-ring (bicyclic) bond motifs is 12. The molecule has 492 valence electrons. The van der Waals surface area contributed by atoms with Gasteiger partial charge < -0.3 is 0 Å². The molecule has 0 nitrogen and oxygen atoms in total. The molecule has 2 aromatic heterocycles. The maximum atomic E-state index is 4.02. The van der Waals surface area contributed by atoms with E-state index in [-0.39, 0.29) is 21.7 Å². The number of allylic oxidation sites excluding steroid dienone is 11. The molecule has 0 spiro atoms. The molecule has 0 unspecified atom stereocenters. The third kappa shape index (κ3) is 12.2. The van der Waals surface area contributed by atoms with Crippen molar-refractivity contribution in [3.63, 3.8) is 0 Å². The molecule has 0 fully saturated rings. The van der Waals surface area contributed by atoms with Gasteiger partial charge in [0.1, 0.15) is 0 Å². The summed E-state index contributed by atoms with van der Waals surface area (Å²) in [6, 6.07) is 54.2. The maximum absolute atomic E-state index is 4.02. The largest absolute Gasteiger partial charge is 0.134 e. The molecule has 12 rings (SSSR count). The lowest BCUT2D eigenvalue weighted by atomic mass is 9.62. The minimum Gasteiger partial charge on any atom is -0.134 e. The summed E-state index contributed by atoms with van der Waals surface area (Å²) in [6.45, 7) is 25.4. The third-order valence-corrected chi connectivity index (χ3v) is 25.3. The van der Waals surface area contributed by atoms with Crippen LogP contribution in [0.2, 0.25) is 0 Å². The van der Waals surface area contributed by atoms with Gasteiger partial charge in [0.25, 0.3) is 0 Å². The predicted molar refractivity (Wildman–Crippen MR) is 420 cm³/mol. The summed E-state index contributed by atoms with van der Waals surface area (Å²) in [5.41, 5.74) is 29.9. The molecular formula is C93H108S2. The van der Waals surface area contributed by atoms with E-state index in [9.17, 15) is 0 Å². The van der Waals surface area contributed by atoms with Crippen LogP contribution in [0.3, 0.4) is 0 Å². The summed E-state index contributed by atoms with van der Waals surface area (Å²) in [5, 5.41) is 0. The molecule has 0 amide bonds. The van der Waals surface area contributed by atoms with Crippen molar-refractivity contribution in [2.75, 3.05) is 0 Å². The van der Waals surface area contributed by atoms with Gasteiger partial charge in [0.15, 0.2) is 0 Å². The fourth-order valence-electron chi connectivity index (χ4n) is 18.3. The molecule has 0 atom stereocenters. The SMILES string of the molecule is C=C/C=C/C=C/C1=C(/C=C\C=C/C)c2ccc3c(c2C1(CCCC)CCCC)C(CCCC)(CCCC)c1cc(-c2ccc(-c4ccc(-c5ccc6c(c5)C(CCCC)(CCCC)c5c-6ccc6c5C(CCCC)(CCCC)c5cc(-c7ccccc7)ccc5-6)s4)s2)ccc1-3. The summed E-state index contributed by atoms with van der Waals surface area (Å²) in [7, 11) is 0. The molecule has 0 bridgehead atoms. The molecule has 8 aromatic rings. The predicted octanol–water partition coefficient (Wildman–Crippen LogP) is 29.2. The Kier molecular flexibility index (Phi) is 21.7. The Balaban J connectivity index is 0.939. The van der Waals surface area contributed by atoms with Crippen LogP contribution in [0, 0.1) is 0 Å². The first-order valence-electron chi connectivity index (χ1n) is 37.7. The van der Waals surface area contributed by atoms with Crippen molar-refractivity contribution in [3.05, 3.63) is 245 Å². The fraction of sp³-hybridized carbons (Fsp3) is 0.398. The second-order valence-corrected chi connectivity index (χ2v) is 30.8. The Morgan fingerprint density at radius 2 is 0.663 bits per heavy atom. The van der Waals surface area contributed by atoms with Gasteiger partial charge in [0, 0.05) is 41.2 Å². The minimum absolute atomic E-state index is 0.0337. The number of thiophene rings is 2. The Hall–Kier alpha value is -6.84. The third-order valence-electron chi connectivity index (χ3n) is 22.9. The Morgan fingerprint density at radius 1 is 0.316 bits per heavy atom. The first-order valence-corrected chi connectivity index (χ1v) is 39.3. The molecular weight excluding hydrogens is 1180 g/mol. The van der Waals surface area contributed by atoms with Crippen molar-refractivity contribution in [3.8, 4) is 75.1 Å². The van der Waals surface area contributed by atoms with Crippen LogP contribution in [0.15, 0.2) is 200 Å². The highest BCUT2D eigenvalue weighted by Crippen LogP contribution is 2.67. The van der Waals surface area contributed by atoms with Crippen molar-refractivity contribution < 1.29 is 0 Å². The number of hydrogen-bond donors (Lipinski definition) is 0. The highest BCUT2D eigenvalue weighted by molar-refractivity contribution is 7.25. The highest BCUT2D eigenvalue weighted by Gasteiger charge is 2.54. The van der Waals surface area contributed by atoms with Crippen molar-refractivity contribution in [2.24, 2.45) is 0 Å².